The summed E-state index contributed by atoms with van der Waals surface area (Å²) in [4.78, 5) is 0. The predicted molar refractivity (Wildman–Crippen MR) is 59.2 cm³/mol. The Morgan fingerprint density at radius 1 is 1.27 bits per heavy atom. The lowest BCUT2D eigenvalue weighted by molar-refractivity contribution is 0.146. The number of hydrogen-bond donors (Lipinski definition) is 1. The molecule has 1 fully saturated rings. The minimum absolute atomic E-state index is 0.199. The van der Waals surface area contributed by atoms with Crippen LogP contribution in [0.2, 0.25) is 0 Å². The fourth-order valence-corrected chi connectivity index (χ4v) is 1.50. The van der Waals surface area contributed by atoms with Crippen LogP contribution in [0, 0.1) is 0 Å². The standard InChI is InChI=1S/C12H17NO2/c1-12(9-13-12)10-3-5-11(6-4-10)15-8-7-14-2/h3-6,13H,7-9H2,1-2H3. The van der Waals surface area contributed by atoms with Gasteiger partial charge in [-0.15, -0.1) is 0 Å². The Hall–Kier alpha value is -1.06. The molecule has 3 nitrogen and oxygen atoms in total. The highest BCUT2D eigenvalue weighted by Crippen LogP contribution is 2.30. The number of ether oxygens (including phenoxy) is 2. The van der Waals surface area contributed by atoms with Crippen molar-refractivity contribution < 1.29 is 9.47 Å². The van der Waals surface area contributed by atoms with E-state index in [-0.39, 0.29) is 5.54 Å². The smallest absolute Gasteiger partial charge is 0.119 e. The summed E-state index contributed by atoms with van der Waals surface area (Å²) < 4.78 is 10.4. The van der Waals surface area contributed by atoms with Crippen LogP contribution in [0.1, 0.15) is 12.5 Å². The molecule has 3 heteroatoms. The minimum Gasteiger partial charge on any atom is -0.491 e. The van der Waals surface area contributed by atoms with Crippen molar-refractivity contribution in [2.45, 2.75) is 12.5 Å². The summed E-state index contributed by atoms with van der Waals surface area (Å²) in [5.41, 5.74) is 1.52. The van der Waals surface area contributed by atoms with Gasteiger partial charge in [0.1, 0.15) is 12.4 Å². The number of rotatable bonds is 5. The molecular formula is C12H17NO2. The summed E-state index contributed by atoms with van der Waals surface area (Å²) in [7, 11) is 1.67. The summed E-state index contributed by atoms with van der Waals surface area (Å²) >= 11 is 0. The molecule has 0 bridgehead atoms. The summed E-state index contributed by atoms with van der Waals surface area (Å²) in [5, 5.41) is 3.34. The molecule has 0 radical (unpaired) electrons. The highest BCUT2D eigenvalue weighted by Gasteiger charge is 2.37. The van der Waals surface area contributed by atoms with Gasteiger partial charge < -0.3 is 14.8 Å². The van der Waals surface area contributed by atoms with Crippen LogP contribution in [0.25, 0.3) is 0 Å². The average Bonchev–Trinajstić information content (AvgIpc) is 2.99. The van der Waals surface area contributed by atoms with Crippen molar-refractivity contribution in [1.29, 1.82) is 0 Å². The molecule has 82 valence electrons. The highest BCUT2D eigenvalue weighted by atomic mass is 16.5. The molecule has 1 aromatic rings. The van der Waals surface area contributed by atoms with Crippen molar-refractivity contribution in [1.82, 2.24) is 5.32 Å². The Bertz CT molecular complexity index is 317. The quantitative estimate of drug-likeness (QED) is 0.588. The van der Waals surface area contributed by atoms with Crippen LogP contribution in [-0.4, -0.2) is 26.9 Å². The monoisotopic (exact) mass is 207 g/mol. The number of nitrogens with one attached hydrogen (secondary N) is 1. The Labute approximate surface area is 90.4 Å². The Kier molecular flexibility index (Phi) is 2.93. The van der Waals surface area contributed by atoms with Gasteiger partial charge in [-0.3, -0.25) is 0 Å². The molecule has 0 spiro atoms. The zero-order chi connectivity index (χ0) is 10.7. The van der Waals surface area contributed by atoms with Gasteiger partial charge in [-0.05, 0) is 24.6 Å². The SMILES string of the molecule is COCCOc1ccc(C2(C)CN2)cc1. The summed E-state index contributed by atoms with van der Waals surface area (Å²) in [6.45, 7) is 4.50. The molecule has 0 saturated carbocycles. The number of methoxy groups -OCH3 is 1. The third-order valence-electron chi connectivity index (χ3n) is 2.75. The van der Waals surface area contributed by atoms with Crippen molar-refractivity contribution in [2.24, 2.45) is 0 Å². The van der Waals surface area contributed by atoms with E-state index < -0.39 is 0 Å². The Balaban J connectivity index is 1.92. The second-order valence-corrected chi connectivity index (χ2v) is 4.05. The largest absolute Gasteiger partial charge is 0.491 e. The van der Waals surface area contributed by atoms with Crippen LogP contribution in [0.4, 0.5) is 0 Å². The molecule has 0 aromatic heterocycles. The maximum Gasteiger partial charge on any atom is 0.119 e. The van der Waals surface area contributed by atoms with Crippen molar-refractivity contribution in [3.63, 3.8) is 0 Å². The van der Waals surface area contributed by atoms with Crippen LogP contribution >= 0.6 is 0 Å². The van der Waals surface area contributed by atoms with Crippen LogP contribution in [0.15, 0.2) is 24.3 Å². The van der Waals surface area contributed by atoms with Gasteiger partial charge >= 0.3 is 0 Å². The molecule has 0 amide bonds. The van der Waals surface area contributed by atoms with Gasteiger partial charge in [0, 0.05) is 13.7 Å². The van der Waals surface area contributed by atoms with Gasteiger partial charge in [0.25, 0.3) is 0 Å². The maximum atomic E-state index is 5.49. The normalized spacial score (nSPS) is 23.9. The topological polar surface area (TPSA) is 40.4 Å². The lowest BCUT2D eigenvalue weighted by atomic mass is 10.0. The van der Waals surface area contributed by atoms with Gasteiger partial charge in [-0.25, -0.2) is 0 Å². The van der Waals surface area contributed by atoms with E-state index in [0.29, 0.717) is 13.2 Å². The summed E-state index contributed by atoms with van der Waals surface area (Å²) in [6, 6.07) is 8.25. The molecule has 1 aliphatic heterocycles. The zero-order valence-corrected chi connectivity index (χ0v) is 9.25. The number of benzene rings is 1. The Morgan fingerprint density at radius 3 is 2.47 bits per heavy atom. The van der Waals surface area contributed by atoms with E-state index in [0.717, 1.165) is 12.3 Å². The predicted octanol–water partition coefficient (Wildman–Crippen LogP) is 1.53. The first-order valence-corrected chi connectivity index (χ1v) is 5.22. The van der Waals surface area contributed by atoms with Crippen molar-refractivity contribution >= 4 is 0 Å². The Morgan fingerprint density at radius 2 is 1.93 bits per heavy atom. The highest BCUT2D eigenvalue weighted by molar-refractivity contribution is 5.34. The molecule has 1 heterocycles. The fraction of sp³-hybridized carbons (Fsp3) is 0.500. The van der Waals surface area contributed by atoms with Crippen molar-refractivity contribution in [3.8, 4) is 5.75 Å². The molecule has 1 saturated heterocycles. The van der Waals surface area contributed by atoms with Crippen LogP contribution in [0.5, 0.6) is 5.75 Å². The second kappa shape index (κ2) is 4.21. The molecule has 1 N–H and O–H groups in total. The average molecular weight is 207 g/mol. The van der Waals surface area contributed by atoms with Gasteiger partial charge in [-0.1, -0.05) is 12.1 Å². The molecule has 1 aliphatic rings. The first-order valence-electron chi connectivity index (χ1n) is 5.22. The molecule has 1 aromatic carbocycles. The van der Waals surface area contributed by atoms with Gasteiger partial charge in [0.2, 0.25) is 0 Å². The minimum atomic E-state index is 0.199. The van der Waals surface area contributed by atoms with Crippen LogP contribution < -0.4 is 10.1 Å². The van der Waals surface area contributed by atoms with Crippen molar-refractivity contribution in [3.05, 3.63) is 29.8 Å². The fourth-order valence-electron chi connectivity index (χ4n) is 1.50. The second-order valence-electron chi connectivity index (χ2n) is 4.05. The van der Waals surface area contributed by atoms with E-state index in [9.17, 15) is 0 Å². The number of hydrogen-bond acceptors (Lipinski definition) is 3. The molecule has 1 atom stereocenters. The van der Waals surface area contributed by atoms with Gasteiger partial charge in [0.15, 0.2) is 0 Å². The zero-order valence-electron chi connectivity index (χ0n) is 9.25. The van der Waals surface area contributed by atoms with E-state index in [2.05, 4.69) is 24.4 Å². The lowest BCUT2D eigenvalue weighted by Crippen LogP contribution is -2.07. The van der Waals surface area contributed by atoms with Crippen molar-refractivity contribution in [2.75, 3.05) is 26.9 Å². The molecule has 0 aliphatic carbocycles. The van der Waals surface area contributed by atoms with Gasteiger partial charge in [-0.2, -0.15) is 0 Å². The molecule has 1 unspecified atom stereocenters. The van der Waals surface area contributed by atoms with Crippen LogP contribution in [-0.2, 0) is 10.3 Å². The third kappa shape index (κ3) is 2.49. The van der Waals surface area contributed by atoms with E-state index >= 15 is 0 Å². The maximum absolute atomic E-state index is 5.49. The molecular weight excluding hydrogens is 190 g/mol. The van der Waals surface area contributed by atoms with E-state index in [1.807, 2.05) is 12.1 Å². The van der Waals surface area contributed by atoms with E-state index in [4.69, 9.17) is 9.47 Å². The summed E-state index contributed by atoms with van der Waals surface area (Å²) in [6.07, 6.45) is 0. The summed E-state index contributed by atoms with van der Waals surface area (Å²) in [5.74, 6) is 0.903. The van der Waals surface area contributed by atoms with E-state index in [1.54, 1.807) is 7.11 Å². The molecule has 15 heavy (non-hydrogen) atoms. The van der Waals surface area contributed by atoms with E-state index in [1.165, 1.54) is 5.56 Å². The lowest BCUT2D eigenvalue weighted by Gasteiger charge is -2.09. The first kappa shape index (κ1) is 10.5. The van der Waals surface area contributed by atoms with Gasteiger partial charge in [0.05, 0.1) is 12.1 Å². The van der Waals surface area contributed by atoms with Crippen LogP contribution in [0.3, 0.4) is 0 Å². The third-order valence-corrected chi connectivity index (χ3v) is 2.75. The molecule has 2 rings (SSSR count). The first-order chi connectivity index (χ1) is 7.24.